The third kappa shape index (κ3) is 3.10. The minimum Gasteiger partial charge on any atom is -0.341 e. The van der Waals surface area contributed by atoms with Gasteiger partial charge in [-0.25, -0.2) is 0 Å². The molecule has 1 fully saturated rings. The maximum atomic E-state index is 12.5. The Hall–Kier alpha value is -3.15. The zero-order valence-corrected chi connectivity index (χ0v) is 13.7. The van der Waals surface area contributed by atoms with Crippen molar-refractivity contribution in [2.75, 3.05) is 0 Å². The molecular weight excluding hydrogens is 320 g/mol. The minimum absolute atomic E-state index is 0.166. The summed E-state index contributed by atoms with van der Waals surface area (Å²) in [6.07, 6.45) is 0.166. The summed E-state index contributed by atoms with van der Waals surface area (Å²) < 4.78 is 0. The van der Waals surface area contributed by atoms with Crippen molar-refractivity contribution in [3.63, 3.8) is 0 Å². The van der Waals surface area contributed by atoms with E-state index in [9.17, 15) is 14.4 Å². The third-order valence-electron chi connectivity index (χ3n) is 4.30. The summed E-state index contributed by atoms with van der Waals surface area (Å²) in [7, 11) is 0. The van der Waals surface area contributed by atoms with E-state index in [-0.39, 0.29) is 18.8 Å². The van der Waals surface area contributed by atoms with Crippen LogP contribution in [0.2, 0.25) is 0 Å². The number of hydroxylamine groups is 2. The fourth-order valence-electron chi connectivity index (χ4n) is 3.13. The predicted molar refractivity (Wildman–Crippen MR) is 89.9 cm³/mol. The van der Waals surface area contributed by atoms with E-state index in [2.05, 4.69) is 5.32 Å². The van der Waals surface area contributed by atoms with Crippen LogP contribution in [0.1, 0.15) is 24.1 Å². The van der Waals surface area contributed by atoms with Gasteiger partial charge in [0.2, 0.25) is 5.91 Å². The fraction of sp³-hybridized carbons (Fsp3) is 0.211. The summed E-state index contributed by atoms with van der Waals surface area (Å²) >= 11 is 0. The molecule has 6 heteroatoms. The monoisotopic (exact) mass is 338 g/mol. The molecule has 2 aromatic rings. The lowest BCUT2D eigenvalue weighted by molar-refractivity contribution is -0.237. The Labute approximate surface area is 145 Å². The Bertz CT molecular complexity index is 779. The van der Waals surface area contributed by atoms with Crippen molar-refractivity contribution >= 4 is 18.3 Å². The van der Waals surface area contributed by atoms with Crippen molar-refractivity contribution in [2.45, 2.75) is 24.9 Å². The highest BCUT2D eigenvalue weighted by molar-refractivity contribution is 5.97. The molecular formula is C19H18N2O4. The molecule has 1 heterocycles. The normalized spacial score (nSPS) is 22.0. The summed E-state index contributed by atoms with van der Waals surface area (Å²) in [6.45, 7) is 1.85. The van der Waals surface area contributed by atoms with Gasteiger partial charge in [0.05, 0.1) is 6.42 Å². The van der Waals surface area contributed by atoms with Crippen LogP contribution in [0.3, 0.4) is 0 Å². The smallest absolute Gasteiger partial charge is 0.320 e. The molecule has 128 valence electrons. The molecule has 2 atom stereocenters. The van der Waals surface area contributed by atoms with Crippen LogP contribution in [0, 0.1) is 0 Å². The van der Waals surface area contributed by atoms with Crippen molar-refractivity contribution < 1.29 is 19.2 Å². The van der Waals surface area contributed by atoms with Crippen LogP contribution in [0.5, 0.6) is 0 Å². The maximum Gasteiger partial charge on any atom is 0.320 e. The van der Waals surface area contributed by atoms with Gasteiger partial charge in [0, 0.05) is 0 Å². The van der Waals surface area contributed by atoms with Gasteiger partial charge in [-0.05, 0) is 18.1 Å². The number of benzene rings is 2. The van der Waals surface area contributed by atoms with Crippen LogP contribution >= 0.6 is 0 Å². The van der Waals surface area contributed by atoms with E-state index >= 15 is 0 Å². The van der Waals surface area contributed by atoms with Crippen LogP contribution in [0.4, 0.5) is 0 Å². The van der Waals surface area contributed by atoms with Gasteiger partial charge in [-0.15, -0.1) is 0 Å². The average molecular weight is 338 g/mol. The van der Waals surface area contributed by atoms with Crippen LogP contribution in [0.15, 0.2) is 60.7 Å². The van der Waals surface area contributed by atoms with Gasteiger partial charge in [0.1, 0.15) is 11.6 Å². The molecule has 1 saturated heterocycles. The Morgan fingerprint density at radius 1 is 1.16 bits per heavy atom. The Morgan fingerprint density at radius 3 is 2.36 bits per heavy atom. The second-order valence-electron chi connectivity index (χ2n) is 6.06. The number of amides is 2. The topological polar surface area (TPSA) is 75.7 Å². The van der Waals surface area contributed by atoms with Gasteiger partial charge in [-0.2, -0.15) is 5.06 Å². The Balaban J connectivity index is 1.81. The maximum absolute atomic E-state index is 12.5. The minimum atomic E-state index is -1.17. The molecule has 2 aromatic carbocycles. The molecule has 1 N–H and O–H groups in total. The SMILES string of the molecule is CC1(NC(=O)Cc2ccccc2)C(=O)N(OC=O)C1c1ccccc1. The van der Waals surface area contributed by atoms with Gasteiger partial charge in [-0.3, -0.25) is 14.4 Å². The number of carbonyl (C=O) groups is 3. The molecule has 25 heavy (non-hydrogen) atoms. The second-order valence-corrected chi connectivity index (χ2v) is 6.06. The van der Waals surface area contributed by atoms with Crippen LogP contribution in [-0.4, -0.2) is 28.9 Å². The highest BCUT2D eigenvalue weighted by Gasteiger charge is 2.61. The molecule has 3 rings (SSSR count). The first-order chi connectivity index (χ1) is 12.1. The van der Waals surface area contributed by atoms with Crippen molar-refractivity contribution in [1.29, 1.82) is 0 Å². The number of nitrogens with one attached hydrogen (secondary N) is 1. The van der Waals surface area contributed by atoms with Gasteiger partial charge in [0.15, 0.2) is 0 Å². The zero-order chi connectivity index (χ0) is 17.9. The van der Waals surface area contributed by atoms with Gasteiger partial charge < -0.3 is 10.2 Å². The number of carbonyl (C=O) groups excluding carboxylic acids is 3. The van der Waals surface area contributed by atoms with Crippen molar-refractivity contribution in [1.82, 2.24) is 10.4 Å². The summed E-state index contributed by atoms with van der Waals surface area (Å²) in [5, 5.41) is 3.79. The first-order valence-corrected chi connectivity index (χ1v) is 7.90. The summed E-state index contributed by atoms with van der Waals surface area (Å²) in [5.41, 5.74) is 0.454. The van der Waals surface area contributed by atoms with E-state index in [0.29, 0.717) is 0 Å². The Morgan fingerprint density at radius 2 is 1.76 bits per heavy atom. The molecule has 6 nitrogen and oxygen atoms in total. The number of β-lactam (4-membered cyclic amide) rings is 1. The molecule has 0 saturated carbocycles. The molecule has 0 bridgehead atoms. The molecule has 1 aliphatic rings. The lowest BCUT2D eigenvalue weighted by atomic mass is 9.78. The molecule has 0 aromatic heterocycles. The van der Waals surface area contributed by atoms with Crippen LogP contribution in [-0.2, 0) is 25.6 Å². The Kier molecular flexibility index (Phi) is 4.52. The van der Waals surface area contributed by atoms with Crippen LogP contribution in [0.25, 0.3) is 0 Å². The molecule has 0 aliphatic carbocycles. The van der Waals surface area contributed by atoms with E-state index in [1.165, 1.54) is 0 Å². The van der Waals surface area contributed by atoms with E-state index < -0.39 is 17.5 Å². The second kappa shape index (κ2) is 6.76. The number of rotatable bonds is 6. The van der Waals surface area contributed by atoms with Gasteiger partial charge >= 0.3 is 6.47 Å². The number of hydrogen-bond donors (Lipinski definition) is 1. The largest absolute Gasteiger partial charge is 0.341 e. The number of nitrogens with zero attached hydrogens (tertiary/aromatic N) is 1. The van der Waals surface area contributed by atoms with E-state index in [0.717, 1.165) is 16.2 Å². The van der Waals surface area contributed by atoms with Gasteiger partial charge in [-0.1, -0.05) is 60.7 Å². The summed E-state index contributed by atoms with van der Waals surface area (Å²) in [5.74, 6) is -0.733. The lowest BCUT2D eigenvalue weighted by Crippen LogP contribution is -2.73. The summed E-state index contributed by atoms with van der Waals surface area (Å²) in [4.78, 5) is 40.4. The predicted octanol–water partition coefficient (Wildman–Crippen LogP) is 1.78. The lowest BCUT2D eigenvalue weighted by Gasteiger charge is -2.51. The van der Waals surface area contributed by atoms with Crippen molar-refractivity contribution in [3.05, 3.63) is 71.8 Å². The highest BCUT2D eigenvalue weighted by Crippen LogP contribution is 2.43. The number of hydrogen-bond acceptors (Lipinski definition) is 4. The first kappa shape index (κ1) is 16.7. The third-order valence-corrected chi connectivity index (χ3v) is 4.30. The van der Waals surface area contributed by atoms with Crippen molar-refractivity contribution in [2.24, 2.45) is 0 Å². The summed E-state index contributed by atoms with van der Waals surface area (Å²) in [6, 6.07) is 17.8. The first-order valence-electron chi connectivity index (χ1n) is 7.90. The molecule has 2 unspecified atom stereocenters. The van der Waals surface area contributed by atoms with E-state index in [1.54, 1.807) is 6.92 Å². The van der Waals surface area contributed by atoms with Crippen LogP contribution < -0.4 is 5.32 Å². The molecule has 2 amide bonds. The highest BCUT2D eigenvalue weighted by atomic mass is 16.7. The molecule has 0 spiro atoms. The molecule has 0 radical (unpaired) electrons. The fourth-order valence-corrected chi connectivity index (χ4v) is 3.13. The van der Waals surface area contributed by atoms with E-state index in [1.807, 2.05) is 60.7 Å². The quantitative estimate of drug-likeness (QED) is 0.643. The molecule has 1 aliphatic heterocycles. The van der Waals surface area contributed by atoms with Gasteiger partial charge in [0.25, 0.3) is 5.91 Å². The average Bonchev–Trinajstić information content (AvgIpc) is 2.62. The van der Waals surface area contributed by atoms with Crippen molar-refractivity contribution in [3.8, 4) is 0 Å². The zero-order valence-electron chi connectivity index (χ0n) is 13.7. The van der Waals surface area contributed by atoms with E-state index in [4.69, 9.17) is 4.84 Å². The standard InChI is InChI=1S/C19H18N2O4/c1-19(20-16(23)12-14-8-4-2-5-9-14)17(15-10-6-3-7-11-15)21(18(19)24)25-13-22/h2-11,13,17H,12H2,1H3,(H,20,23).